The minimum atomic E-state index is 0.906. The Morgan fingerprint density at radius 2 is 1.86 bits per heavy atom. The van der Waals surface area contributed by atoms with Gasteiger partial charge >= 0.3 is 0 Å². The van der Waals surface area contributed by atoms with Gasteiger partial charge in [-0.1, -0.05) is 5.16 Å². The molecule has 3 heterocycles. The van der Waals surface area contributed by atoms with E-state index < -0.39 is 0 Å². The Bertz CT molecular complexity index is 1010. The van der Waals surface area contributed by atoms with Crippen LogP contribution in [0.2, 0.25) is 0 Å². The number of piperazine rings is 1. The first-order valence-electron chi connectivity index (χ1n) is 10.5. The lowest BCUT2D eigenvalue weighted by molar-refractivity contribution is 0.241. The summed E-state index contributed by atoms with van der Waals surface area (Å²) >= 11 is 0. The number of aromatic nitrogens is 3. The zero-order valence-electron chi connectivity index (χ0n) is 17.3. The van der Waals surface area contributed by atoms with Crippen molar-refractivity contribution in [1.82, 2.24) is 20.0 Å². The van der Waals surface area contributed by atoms with Crippen LogP contribution in [0.25, 0.3) is 10.9 Å². The molecule has 0 atom stereocenters. The molecule has 7 nitrogen and oxygen atoms in total. The lowest BCUT2D eigenvalue weighted by Crippen LogP contribution is -2.46. The number of hydrogen-bond acceptors (Lipinski definition) is 7. The highest BCUT2D eigenvalue weighted by Gasteiger charge is 2.23. The lowest BCUT2D eigenvalue weighted by atomic mass is 9.96. The normalized spacial score (nSPS) is 17.5. The Balaban J connectivity index is 1.28. The SMILES string of the molecule is CN(C)c1ncnc2ccc(N3CCN(Cc4noc5c4CCCC5)CC3)cc12. The Labute approximate surface area is 171 Å². The first kappa shape index (κ1) is 18.4. The maximum Gasteiger partial charge on any atom is 0.140 e. The third-order valence-corrected chi connectivity index (χ3v) is 6.16. The summed E-state index contributed by atoms with van der Waals surface area (Å²) in [7, 11) is 4.05. The lowest BCUT2D eigenvalue weighted by Gasteiger charge is -2.36. The molecule has 1 aromatic carbocycles. The minimum absolute atomic E-state index is 0.906. The largest absolute Gasteiger partial charge is 0.369 e. The van der Waals surface area contributed by atoms with Gasteiger partial charge in [0.1, 0.15) is 23.6 Å². The molecule has 0 radical (unpaired) electrons. The molecule has 0 N–H and O–H groups in total. The molecule has 1 aliphatic carbocycles. The zero-order valence-corrected chi connectivity index (χ0v) is 17.3. The van der Waals surface area contributed by atoms with Crippen molar-refractivity contribution in [2.75, 3.05) is 50.1 Å². The first-order chi connectivity index (χ1) is 14.2. The molecule has 0 spiro atoms. The monoisotopic (exact) mass is 392 g/mol. The predicted molar refractivity (Wildman–Crippen MR) is 115 cm³/mol. The Morgan fingerprint density at radius 1 is 1.03 bits per heavy atom. The van der Waals surface area contributed by atoms with Crippen LogP contribution in [0, 0.1) is 0 Å². The number of nitrogens with zero attached hydrogens (tertiary/aromatic N) is 6. The standard InChI is InChI=1S/C22H28N6O/c1-26(2)22-18-13-16(7-8-19(18)23-15-24-22)28-11-9-27(10-12-28)14-20-17-5-3-4-6-21(17)29-25-20/h7-8,13,15H,3-6,9-12,14H2,1-2H3. The molecule has 0 saturated carbocycles. The number of benzene rings is 1. The van der Waals surface area contributed by atoms with Crippen molar-refractivity contribution in [2.24, 2.45) is 0 Å². The third-order valence-electron chi connectivity index (χ3n) is 6.16. The van der Waals surface area contributed by atoms with Crippen LogP contribution in [0.1, 0.15) is 29.9 Å². The summed E-state index contributed by atoms with van der Waals surface area (Å²) in [6, 6.07) is 6.51. The van der Waals surface area contributed by atoms with Gasteiger partial charge < -0.3 is 14.3 Å². The van der Waals surface area contributed by atoms with E-state index in [1.165, 1.54) is 24.1 Å². The smallest absolute Gasteiger partial charge is 0.140 e. The zero-order chi connectivity index (χ0) is 19.8. The van der Waals surface area contributed by atoms with Gasteiger partial charge in [-0.2, -0.15) is 0 Å². The fourth-order valence-corrected chi connectivity index (χ4v) is 4.53. The fraction of sp³-hybridized carbons (Fsp3) is 0.500. The van der Waals surface area contributed by atoms with E-state index in [2.05, 4.69) is 43.1 Å². The number of fused-ring (bicyclic) bond motifs is 2. The maximum absolute atomic E-state index is 5.59. The molecule has 7 heteroatoms. The van der Waals surface area contributed by atoms with E-state index in [0.717, 1.165) is 73.7 Å². The Hall–Kier alpha value is -2.67. The summed E-state index contributed by atoms with van der Waals surface area (Å²) in [4.78, 5) is 15.9. The summed E-state index contributed by atoms with van der Waals surface area (Å²) in [6.07, 6.45) is 6.30. The van der Waals surface area contributed by atoms with E-state index in [-0.39, 0.29) is 0 Å². The number of anilines is 2. The van der Waals surface area contributed by atoms with E-state index in [4.69, 9.17) is 4.52 Å². The van der Waals surface area contributed by atoms with Gasteiger partial charge in [0.25, 0.3) is 0 Å². The molecule has 2 aliphatic rings. The number of rotatable bonds is 4. The minimum Gasteiger partial charge on any atom is -0.369 e. The van der Waals surface area contributed by atoms with Gasteiger partial charge in [-0.25, -0.2) is 9.97 Å². The highest BCUT2D eigenvalue weighted by molar-refractivity contribution is 5.91. The highest BCUT2D eigenvalue weighted by Crippen LogP contribution is 2.28. The maximum atomic E-state index is 5.59. The van der Waals surface area contributed by atoms with Crippen LogP contribution in [0.3, 0.4) is 0 Å². The third kappa shape index (κ3) is 3.55. The molecule has 29 heavy (non-hydrogen) atoms. The molecule has 5 rings (SSSR count). The highest BCUT2D eigenvalue weighted by atomic mass is 16.5. The van der Waals surface area contributed by atoms with Gasteiger partial charge in [-0.15, -0.1) is 0 Å². The van der Waals surface area contributed by atoms with E-state index in [1.54, 1.807) is 6.33 Å². The summed E-state index contributed by atoms with van der Waals surface area (Å²) < 4.78 is 5.59. The Morgan fingerprint density at radius 3 is 2.69 bits per heavy atom. The van der Waals surface area contributed by atoms with Gasteiger partial charge in [-0.3, -0.25) is 4.90 Å². The summed E-state index contributed by atoms with van der Waals surface area (Å²) in [5, 5.41) is 5.48. The van der Waals surface area contributed by atoms with Crippen molar-refractivity contribution in [3.05, 3.63) is 41.5 Å². The first-order valence-corrected chi connectivity index (χ1v) is 10.5. The van der Waals surface area contributed by atoms with Crippen LogP contribution in [-0.4, -0.2) is 60.3 Å². The average molecular weight is 393 g/mol. The van der Waals surface area contributed by atoms with E-state index in [0.29, 0.717) is 0 Å². The molecule has 3 aromatic rings. The van der Waals surface area contributed by atoms with Crippen molar-refractivity contribution >= 4 is 22.4 Å². The molecular weight excluding hydrogens is 364 g/mol. The van der Waals surface area contributed by atoms with Gasteiger partial charge in [0, 0.05) is 69.9 Å². The molecule has 0 bridgehead atoms. The Kier molecular flexibility index (Phi) is 4.83. The molecule has 0 amide bonds. The number of aryl methyl sites for hydroxylation is 1. The van der Waals surface area contributed by atoms with Crippen LogP contribution in [0.15, 0.2) is 29.0 Å². The summed E-state index contributed by atoms with van der Waals surface area (Å²) in [5.41, 5.74) is 4.77. The predicted octanol–water partition coefficient (Wildman–Crippen LogP) is 2.88. The topological polar surface area (TPSA) is 61.5 Å². The van der Waals surface area contributed by atoms with Gasteiger partial charge in [0.15, 0.2) is 0 Å². The van der Waals surface area contributed by atoms with E-state index >= 15 is 0 Å². The molecule has 0 unspecified atom stereocenters. The van der Waals surface area contributed by atoms with Crippen molar-refractivity contribution in [1.29, 1.82) is 0 Å². The second-order valence-electron chi connectivity index (χ2n) is 8.29. The van der Waals surface area contributed by atoms with E-state index in [1.807, 2.05) is 19.0 Å². The molecular formula is C22H28N6O. The van der Waals surface area contributed by atoms with Crippen LogP contribution in [0.5, 0.6) is 0 Å². The van der Waals surface area contributed by atoms with Crippen LogP contribution in [0.4, 0.5) is 11.5 Å². The van der Waals surface area contributed by atoms with Crippen molar-refractivity contribution < 1.29 is 4.52 Å². The second kappa shape index (κ2) is 7.63. The summed E-state index contributed by atoms with van der Waals surface area (Å²) in [6.45, 7) is 4.99. The molecule has 1 aliphatic heterocycles. The van der Waals surface area contributed by atoms with Gasteiger partial charge in [0.2, 0.25) is 0 Å². The summed E-state index contributed by atoms with van der Waals surface area (Å²) in [5.74, 6) is 2.09. The van der Waals surface area contributed by atoms with E-state index in [9.17, 15) is 0 Å². The second-order valence-corrected chi connectivity index (χ2v) is 8.29. The van der Waals surface area contributed by atoms with Crippen molar-refractivity contribution in [2.45, 2.75) is 32.2 Å². The van der Waals surface area contributed by atoms with Crippen molar-refractivity contribution in [3.8, 4) is 0 Å². The van der Waals surface area contributed by atoms with Crippen LogP contribution < -0.4 is 9.80 Å². The molecule has 2 aromatic heterocycles. The fourth-order valence-electron chi connectivity index (χ4n) is 4.53. The van der Waals surface area contributed by atoms with Crippen molar-refractivity contribution in [3.63, 3.8) is 0 Å². The van der Waals surface area contributed by atoms with Crippen LogP contribution >= 0.6 is 0 Å². The number of hydrogen-bond donors (Lipinski definition) is 0. The quantitative estimate of drug-likeness (QED) is 0.676. The molecule has 1 saturated heterocycles. The van der Waals surface area contributed by atoms with Crippen LogP contribution in [-0.2, 0) is 19.4 Å². The average Bonchev–Trinajstić information content (AvgIpc) is 3.16. The van der Waals surface area contributed by atoms with Gasteiger partial charge in [0.05, 0.1) is 5.52 Å². The van der Waals surface area contributed by atoms with Gasteiger partial charge in [-0.05, 0) is 37.5 Å². The molecule has 152 valence electrons. The molecule has 1 fully saturated rings.